The van der Waals surface area contributed by atoms with Crippen LogP contribution in [0.1, 0.15) is 11.1 Å². The first-order valence-electron chi connectivity index (χ1n) is 10.6. The van der Waals surface area contributed by atoms with Crippen molar-refractivity contribution in [1.82, 2.24) is 9.55 Å². The maximum Gasteiger partial charge on any atom is 0.0780 e. The summed E-state index contributed by atoms with van der Waals surface area (Å²) in [6.07, 6.45) is 1.92. The van der Waals surface area contributed by atoms with E-state index in [1.165, 1.54) is 55.0 Å². The van der Waals surface area contributed by atoms with E-state index >= 15 is 0 Å². The normalized spacial score (nSPS) is 11.5. The number of aromatic nitrogens is 2. The zero-order valence-corrected chi connectivity index (χ0v) is 17.6. The van der Waals surface area contributed by atoms with E-state index in [0.717, 1.165) is 5.69 Å². The molecule has 0 bridgehead atoms. The lowest BCUT2D eigenvalue weighted by Crippen LogP contribution is -1.95. The lowest BCUT2D eigenvalue weighted by molar-refractivity contribution is 1.18. The van der Waals surface area contributed by atoms with E-state index in [2.05, 4.69) is 109 Å². The van der Waals surface area contributed by atoms with Crippen LogP contribution in [0.3, 0.4) is 0 Å². The number of benzene rings is 4. The van der Waals surface area contributed by atoms with Crippen LogP contribution in [-0.4, -0.2) is 9.55 Å². The molecule has 2 heteroatoms. The van der Waals surface area contributed by atoms with Gasteiger partial charge in [0, 0.05) is 33.6 Å². The fourth-order valence-electron chi connectivity index (χ4n) is 4.85. The molecule has 4 aromatic carbocycles. The van der Waals surface area contributed by atoms with E-state index in [1.807, 2.05) is 6.20 Å². The van der Waals surface area contributed by atoms with Gasteiger partial charge in [0.2, 0.25) is 0 Å². The number of fused-ring (bicyclic) bond motifs is 4. The first-order valence-corrected chi connectivity index (χ1v) is 10.6. The first-order chi connectivity index (χ1) is 15.2. The zero-order valence-electron chi connectivity index (χ0n) is 17.6. The van der Waals surface area contributed by atoms with Crippen molar-refractivity contribution in [3.05, 3.63) is 108 Å². The van der Waals surface area contributed by atoms with Crippen molar-refractivity contribution in [3.63, 3.8) is 0 Å². The number of rotatable bonds is 2. The molecule has 0 unspecified atom stereocenters. The molecular weight excluding hydrogens is 376 g/mol. The highest BCUT2D eigenvalue weighted by Gasteiger charge is 2.13. The van der Waals surface area contributed by atoms with Crippen LogP contribution in [0.2, 0.25) is 0 Å². The monoisotopic (exact) mass is 398 g/mol. The number of pyridine rings is 1. The van der Waals surface area contributed by atoms with Gasteiger partial charge in [0.05, 0.1) is 16.7 Å². The summed E-state index contributed by atoms with van der Waals surface area (Å²) < 4.78 is 2.36. The molecule has 2 nitrogen and oxygen atoms in total. The molecule has 31 heavy (non-hydrogen) atoms. The molecule has 0 aliphatic carbocycles. The van der Waals surface area contributed by atoms with Crippen molar-refractivity contribution in [2.45, 2.75) is 13.8 Å². The highest BCUT2D eigenvalue weighted by Crippen LogP contribution is 2.34. The van der Waals surface area contributed by atoms with Gasteiger partial charge < -0.3 is 4.57 Å². The van der Waals surface area contributed by atoms with Crippen molar-refractivity contribution in [1.29, 1.82) is 0 Å². The number of para-hydroxylation sites is 2. The van der Waals surface area contributed by atoms with Crippen LogP contribution in [0.25, 0.3) is 49.5 Å². The maximum absolute atomic E-state index is 4.74. The fraction of sp³-hybridized carbons (Fsp3) is 0.0690. The van der Waals surface area contributed by atoms with Crippen molar-refractivity contribution in [2.75, 3.05) is 0 Å². The molecular formula is C29H22N2. The van der Waals surface area contributed by atoms with Gasteiger partial charge in [0.1, 0.15) is 0 Å². The lowest BCUT2D eigenvalue weighted by atomic mass is 10.00. The van der Waals surface area contributed by atoms with E-state index < -0.39 is 0 Å². The lowest BCUT2D eigenvalue weighted by Gasteiger charge is -2.12. The largest absolute Gasteiger partial charge is 0.309 e. The maximum atomic E-state index is 4.74. The predicted molar refractivity (Wildman–Crippen MR) is 131 cm³/mol. The average molecular weight is 399 g/mol. The predicted octanol–water partition coefficient (Wildman–Crippen LogP) is 7.62. The molecule has 0 radical (unpaired) electrons. The summed E-state index contributed by atoms with van der Waals surface area (Å²) in [6.45, 7) is 4.28. The van der Waals surface area contributed by atoms with Crippen molar-refractivity contribution in [3.8, 4) is 16.9 Å². The van der Waals surface area contributed by atoms with Crippen molar-refractivity contribution in [2.24, 2.45) is 0 Å². The smallest absolute Gasteiger partial charge is 0.0780 e. The summed E-state index contributed by atoms with van der Waals surface area (Å²) in [5.74, 6) is 0. The van der Waals surface area contributed by atoms with E-state index in [9.17, 15) is 0 Å². The standard InChI is InChI=1S/C29H22N2/c1-19-15-20(2)17-22(16-19)29-24-12-11-23(18-21(24)13-14-30-29)31-27-9-5-3-7-25(27)26-8-4-6-10-28(26)31/h3-18H,1-2H3. The fourth-order valence-corrected chi connectivity index (χ4v) is 4.85. The van der Waals surface area contributed by atoms with Crippen LogP contribution < -0.4 is 0 Å². The highest BCUT2D eigenvalue weighted by atomic mass is 15.0. The van der Waals surface area contributed by atoms with Gasteiger partial charge in [-0.1, -0.05) is 59.7 Å². The molecule has 148 valence electrons. The number of aryl methyl sites for hydroxylation is 2. The van der Waals surface area contributed by atoms with E-state index in [0.29, 0.717) is 0 Å². The van der Waals surface area contributed by atoms with Gasteiger partial charge in [-0.2, -0.15) is 0 Å². The van der Waals surface area contributed by atoms with Crippen molar-refractivity contribution < 1.29 is 0 Å². The molecule has 0 spiro atoms. The summed E-state index contributed by atoms with van der Waals surface area (Å²) in [5, 5.41) is 4.94. The van der Waals surface area contributed by atoms with Gasteiger partial charge in [-0.15, -0.1) is 0 Å². The van der Waals surface area contributed by atoms with Gasteiger partial charge in [0.25, 0.3) is 0 Å². The third kappa shape index (κ3) is 2.83. The Hall–Kier alpha value is -3.91. The molecule has 6 rings (SSSR count). The van der Waals surface area contributed by atoms with Crippen LogP contribution in [0, 0.1) is 13.8 Å². The van der Waals surface area contributed by atoms with Gasteiger partial charge in [-0.25, -0.2) is 0 Å². The Kier molecular flexibility index (Phi) is 3.94. The molecule has 0 aliphatic rings. The summed E-state index contributed by atoms with van der Waals surface area (Å²) in [4.78, 5) is 4.74. The Bertz CT molecular complexity index is 1530. The molecule has 0 N–H and O–H groups in total. The molecule has 2 aromatic heterocycles. The van der Waals surface area contributed by atoms with Crippen LogP contribution in [0.5, 0.6) is 0 Å². The number of hydrogen-bond acceptors (Lipinski definition) is 1. The third-order valence-electron chi connectivity index (χ3n) is 6.08. The van der Waals surface area contributed by atoms with Crippen LogP contribution in [0.15, 0.2) is 97.2 Å². The average Bonchev–Trinajstić information content (AvgIpc) is 3.12. The second-order valence-electron chi connectivity index (χ2n) is 8.31. The number of hydrogen-bond donors (Lipinski definition) is 0. The Morgan fingerprint density at radius 3 is 1.94 bits per heavy atom. The van der Waals surface area contributed by atoms with Gasteiger partial charge in [-0.05, 0) is 61.7 Å². The van der Waals surface area contributed by atoms with Gasteiger partial charge >= 0.3 is 0 Å². The van der Waals surface area contributed by atoms with E-state index in [1.54, 1.807) is 0 Å². The first kappa shape index (κ1) is 17.9. The molecule has 0 saturated heterocycles. The molecule has 0 aliphatic heterocycles. The summed E-state index contributed by atoms with van der Waals surface area (Å²) in [7, 11) is 0. The summed E-state index contributed by atoms with van der Waals surface area (Å²) >= 11 is 0. The highest BCUT2D eigenvalue weighted by molar-refractivity contribution is 6.09. The molecule has 0 fully saturated rings. The SMILES string of the molecule is Cc1cc(C)cc(-c2nccc3cc(-n4c5ccccc5c5ccccc54)ccc23)c1. The third-order valence-corrected chi connectivity index (χ3v) is 6.08. The van der Waals surface area contributed by atoms with E-state index in [-0.39, 0.29) is 0 Å². The molecule has 0 amide bonds. The molecule has 0 atom stereocenters. The molecule has 6 aromatic rings. The van der Waals surface area contributed by atoms with Gasteiger partial charge in [-0.3, -0.25) is 4.98 Å². The Morgan fingerprint density at radius 1 is 0.613 bits per heavy atom. The summed E-state index contributed by atoms with van der Waals surface area (Å²) in [5.41, 5.74) is 8.36. The van der Waals surface area contributed by atoms with E-state index in [4.69, 9.17) is 4.98 Å². The van der Waals surface area contributed by atoms with Crippen LogP contribution in [0.4, 0.5) is 0 Å². The summed E-state index contributed by atoms with van der Waals surface area (Å²) in [6, 6.07) is 32.7. The molecule has 0 saturated carbocycles. The van der Waals surface area contributed by atoms with Crippen LogP contribution >= 0.6 is 0 Å². The Balaban J connectivity index is 1.61. The van der Waals surface area contributed by atoms with Crippen LogP contribution in [-0.2, 0) is 0 Å². The minimum absolute atomic E-state index is 1.04. The number of nitrogens with zero attached hydrogens (tertiary/aromatic N) is 2. The quantitative estimate of drug-likeness (QED) is 0.293. The Labute approximate surface area is 181 Å². The topological polar surface area (TPSA) is 17.8 Å². The minimum Gasteiger partial charge on any atom is -0.309 e. The zero-order chi connectivity index (χ0) is 20.9. The second-order valence-corrected chi connectivity index (χ2v) is 8.31. The second kappa shape index (κ2) is 6.82. The Morgan fingerprint density at radius 2 is 1.26 bits per heavy atom. The minimum atomic E-state index is 1.04. The molecule has 2 heterocycles. The van der Waals surface area contributed by atoms with Crippen molar-refractivity contribution >= 4 is 32.6 Å². The van der Waals surface area contributed by atoms with Gasteiger partial charge in [0.15, 0.2) is 0 Å².